The summed E-state index contributed by atoms with van der Waals surface area (Å²) in [6.07, 6.45) is 0. The normalized spacial score (nSPS) is 10.5. The number of hydrogen-bond acceptors (Lipinski definition) is 3. The maximum Gasteiger partial charge on any atom is 0.239 e. The highest BCUT2D eigenvalue weighted by Crippen LogP contribution is 2.24. The number of nitrogen functional groups attached to an aromatic ring is 1. The first-order chi connectivity index (χ1) is 8.43. The SMILES string of the molecule is CCN(CC(=O)NC(C)C)c1ccc(N)cc1I. The highest BCUT2D eigenvalue weighted by Gasteiger charge is 2.13. The number of rotatable bonds is 5. The topological polar surface area (TPSA) is 58.4 Å². The Balaban J connectivity index is 2.80. The van der Waals surface area contributed by atoms with Crippen LogP contribution in [0.5, 0.6) is 0 Å². The maximum absolute atomic E-state index is 11.8. The average Bonchev–Trinajstić information content (AvgIpc) is 2.25. The highest BCUT2D eigenvalue weighted by atomic mass is 127. The van der Waals surface area contributed by atoms with E-state index in [0.717, 1.165) is 21.5 Å². The van der Waals surface area contributed by atoms with Crippen LogP contribution >= 0.6 is 22.6 Å². The first kappa shape index (κ1) is 15.1. The zero-order chi connectivity index (χ0) is 13.7. The smallest absolute Gasteiger partial charge is 0.239 e. The Labute approximate surface area is 122 Å². The molecule has 100 valence electrons. The molecule has 0 aliphatic carbocycles. The fourth-order valence-electron chi connectivity index (χ4n) is 1.69. The van der Waals surface area contributed by atoms with Crippen molar-refractivity contribution in [1.82, 2.24) is 5.32 Å². The molecular formula is C13H20IN3O. The van der Waals surface area contributed by atoms with Crippen LogP contribution in [0.15, 0.2) is 18.2 Å². The zero-order valence-electron chi connectivity index (χ0n) is 11.0. The highest BCUT2D eigenvalue weighted by molar-refractivity contribution is 14.1. The fraction of sp³-hybridized carbons (Fsp3) is 0.462. The van der Waals surface area contributed by atoms with E-state index in [-0.39, 0.29) is 11.9 Å². The van der Waals surface area contributed by atoms with Gasteiger partial charge in [-0.15, -0.1) is 0 Å². The number of nitrogens with one attached hydrogen (secondary N) is 1. The fourth-order valence-corrected chi connectivity index (χ4v) is 2.57. The lowest BCUT2D eigenvalue weighted by Crippen LogP contribution is -2.40. The summed E-state index contributed by atoms with van der Waals surface area (Å²) < 4.78 is 1.06. The first-order valence-electron chi connectivity index (χ1n) is 6.03. The van der Waals surface area contributed by atoms with Gasteiger partial charge in [-0.2, -0.15) is 0 Å². The van der Waals surface area contributed by atoms with Gasteiger partial charge in [0.2, 0.25) is 5.91 Å². The minimum absolute atomic E-state index is 0.0412. The van der Waals surface area contributed by atoms with Gasteiger partial charge in [0, 0.05) is 21.8 Å². The largest absolute Gasteiger partial charge is 0.399 e. The quantitative estimate of drug-likeness (QED) is 0.625. The summed E-state index contributed by atoms with van der Waals surface area (Å²) in [6, 6.07) is 5.91. The van der Waals surface area contributed by atoms with E-state index in [1.807, 2.05) is 43.9 Å². The van der Waals surface area contributed by atoms with E-state index in [1.54, 1.807) is 0 Å². The third-order valence-corrected chi connectivity index (χ3v) is 3.34. The summed E-state index contributed by atoms with van der Waals surface area (Å²) in [6.45, 7) is 7.11. The number of nitrogens with zero attached hydrogens (tertiary/aromatic N) is 1. The van der Waals surface area contributed by atoms with Crippen LogP contribution in [0.4, 0.5) is 11.4 Å². The van der Waals surface area contributed by atoms with Crippen LogP contribution in [0.25, 0.3) is 0 Å². The lowest BCUT2D eigenvalue weighted by Gasteiger charge is -2.24. The third-order valence-electron chi connectivity index (χ3n) is 2.48. The molecule has 0 saturated carbocycles. The monoisotopic (exact) mass is 361 g/mol. The molecule has 5 heteroatoms. The van der Waals surface area contributed by atoms with Crippen LogP contribution in [0.1, 0.15) is 20.8 Å². The molecular weight excluding hydrogens is 341 g/mol. The minimum atomic E-state index is 0.0412. The lowest BCUT2D eigenvalue weighted by molar-refractivity contribution is -0.120. The van der Waals surface area contributed by atoms with E-state index in [9.17, 15) is 4.79 Å². The summed E-state index contributed by atoms with van der Waals surface area (Å²) in [5, 5.41) is 2.90. The minimum Gasteiger partial charge on any atom is -0.399 e. The Kier molecular flexibility index (Phi) is 5.71. The van der Waals surface area contributed by atoms with E-state index in [0.29, 0.717) is 6.54 Å². The summed E-state index contributed by atoms with van der Waals surface area (Å²) in [4.78, 5) is 13.8. The van der Waals surface area contributed by atoms with E-state index < -0.39 is 0 Å². The molecule has 1 aromatic carbocycles. The number of amides is 1. The molecule has 0 heterocycles. The third kappa shape index (κ3) is 4.36. The van der Waals surface area contributed by atoms with Crippen LogP contribution < -0.4 is 16.0 Å². The van der Waals surface area contributed by atoms with Gasteiger partial charge < -0.3 is 16.0 Å². The molecule has 0 radical (unpaired) electrons. The van der Waals surface area contributed by atoms with Gasteiger partial charge in [-0.1, -0.05) is 0 Å². The Morgan fingerprint density at radius 2 is 2.17 bits per heavy atom. The molecule has 3 N–H and O–H groups in total. The van der Waals surface area contributed by atoms with Crippen LogP contribution in [0.3, 0.4) is 0 Å². The van der Waals surface area contributed by atoms with Crippen molar-refractivity contribution in [2.45, 2.75) is 26.8 Å². The van der Waals surface area contributed by atoms with E-state index in [4.69, 9.17) is 5.73 Å². The summed E-state index contributed by atoms with van der Waals surface area (Å²) in [7, 11) is 0. The van der Waals surface area contributed by atoms with Gasteiger partial charge in [-0.3, -0.25) is 4.79 Å². The standard InChI is InChI=1S/C13H20IN3O/c1-4-17(8-13(18)16-9(2)3)12-6-5-10(15)7-11(12)14/h5-7,9H,4,8,15H2,1-3H3,(H,16,18). The van der Waals surface area contributed by atoms with Crippen LogP contribution in [-0.4, -0.2) is 25.0 Å². The van der Waals surface area contributed by atoms with Gasteiger partial charge in [-0.25, -0.2) is 0 Å². The molecule has 0 aliphatic heterocycles. The predicted octanol–water partition coefficient (Wildman–Crippen LogP) is 2.22. The second-order valence-corrected chi connectivity index (χ2v) is 5.61. The number of halogens is 1. The first-order valence-corrected chi connectivity index (χ1v) is 7.11. The predicted molar refractivity (Wildman–Crippen MR) is 84.7 cm³/mol. The van der Waals surface area contributed by atoms with Crippen LogP contribution in [0.2, 0.25) is 0 Å². The molecule has 1 amide bonds. The zero-order valence-corrected chi connectivity index (χ0v) is 13.2. The summed E-state index contributed by atoms with van der Waals surface area (Å²) in [5.41, 5.74) is 7.52. The van der Waals surface area contributed by atoms with Gasteiger partial charge in [-0.05, 0) is 61.6 Å². The van der Waals surface area contributed by atoms with Crippen molar-refractivity contribution < 1.29 is 4.79 Å². The molecule has 18 heavy (non-hydrogen) atoms. The molecule has 0 unspecified atom stereocenters. The van der Waals surface area contributed by atoms with Crippen molar-refractivity contribution in [2.75, 3.05) is 23.7 Å². The van der Waals surface area contributed by atoms with Crippen molar-refractivity contribution in [3.8, 4) is 0 Å². The van der Waals surface area contributed by atoms with Crippen molar-refractivity contribution in [3.63, 3.8) is 0 Å². The Bertz CT molecular complexity index is 421. The number of carbonyl (C=O) groups is 1. The number of hydrogen-bond donors (Lipinski definition) is 2. The second-order valence-electron chi connectivity index (χ2n) is 4.45. The van der Waals surface area contributed by atoms with Gasteiger partial charge in [0.1, 0.15) is 0 Å². The Morgan fingerprint density at radius 1 is 1.50 bits per heavy atom. The lowest BCUT2D eigenvalue weighted by atomic mass is 10.2. The van der Waals surface area contributed by atoms with E-state index in [2.05, 4.69) is 27.9 Å². The Morgan fingerprint density at radius 3 is 2.67 bits per heavy atom. The number of benzene rings is 1. The van der Waals surface area contributed by atoms with Gasteiger partial charge >= 0.3 is 0 Å². The van der Waals surface area contributed by atoms with Gasteiger partial charge in [0.25, 0.3) is 0 Å². The van der Waals surface area contributed by atoms with E-state index >= 15 is 0 Å². The van der Waals surface area contributed by atoms with E-state index in [1.165, 1.54) is 0 Å². The molecule has 0 aliphatic rings. The molecule has 0 bridgehead atoms. The second kappa shape index (κ2) is 6.82. The maximum atomic E-state index is 11.8. The molecule has 0 spiro atoms. The summed E-state index contributed by atoms with van der Waals surface area (Å²) in [5.74, 6) is 0.0412. The number of carbonyl (C=O) groups excluding carboxylic acids is 1. The van der Waals surface area contributed by atoms with Gasteiger partial charge in [0.05, 0.1) is 12.2 Å². The molecule has 0 atom stereocenters. The van der Waals surface area contributed by atoms with Gasteiger partial charge in [0.15, 0.2) is 0 Å². The van der Waals surface area contributed by atoms with Crippen molar-refractivity contribution >= 4 is 39.9 Å². The summed E-state index contributed by atoms with van der Waals surface area (Å²) >= 11 is 2.24. The van der Waals surface area contributed by atoms with Crippen LogP contribution in [-0.2, 0) is 4.79 Å². The number of anilines is 2. The molecule has 1 aromatic rings. The Hall–Kier alpha value is -0.980. The molecule has 4 nitrogen and oxygen atoms in total. The average molecular weight is 361 g/mol. The molecule has 0 saturated heterocycles. The number of nitrogens with two attached hydrogens (primary N) is 1. The van der Waals surface area contributed by atoms with Crippen molar-refractivity contribution in [3.05, 3.63) is 21.8 Å². The van der Waals surface area contributed by atoms with Crippen LogP contribution in [0, 0.1) is 3.57 Å². The number of likely N-dealkylation sites (N-methyl/N-ethyl adjacent to an activating group) is 1. The molecule has 0 aromatic heterocycles. The molecule has 0 fully saturated rings. The molecule has 1 rings (SSSR count). The van der Waals surface area contributed by atoms with Crippen molar-refractivity contribution in [1.29, 1.82) is 0 Å². The van der Waals surface area contributed by atoms with Crippen molar-refractivity contribution in [2.24, 2.45) is 0 Å².